The molecule has 0 aliphatic carbocycles. The van der Waals surface area contributed by atoms with Gasteiger partial charge in [-0.05, 0) is 25.2 Å². The second-order valence-electron chi connectivity index (χ2n) is 5.55. The first-order chi connectivity index (χ1) is 7.68. The molecule has 1 amide bonds. The smallest absolute Gasteiger partial charge is 0.232 e. The van der Waals surface area contributed by atoms with Gasteiger partial charge in [0, 0.05) is 13.1 Å². The molecule has 0 aromatic rings. The number of nitrogens with two attached hydrogens (primary N) is 1. The van der Waals surface area contributed by atoms with Crippen LogP contribution < -0.4 is 5.73 Å². The Bertz CT molecular complexity index is 277. The molecule has 2 atom stereocenters. The predicted octanol–water partition coefficient (Wildman–Crippen LogP) is 2.44. The van der Waals surface area contributed by atoms with E-state index in [1.807, 2.05) is 20.9 Å². The molecule has 0 fully saturated rings. The number of nitrogens with zero attached hydrogens (tertiary/aromatic N) is 1. The number of rotatable bonds is 6. The highest BCUT2D eigenvalue weighted by atomic mass is 32.1. The molecule has 2 N–H and O–H groups in total. The van der Waals surface area contributed by atoms with Crippen LogP contribution in [0.2, 0.25) is 0 Å². The maximum atomic E-state index is 12.3. The Balaban J connectivity index is 4.71. The van der Waals surface area contributed by atoms with E-state index in [0.29, 0.717) is 10.9 Å². The fraction of sp³-hybridized carbons (Fsp3) is 0.846. The van der Waals surface area contributed by atoms with Crippen LogP contribution in [0.15, 0.2) is 0 Å². The Hall–Kier alpha value is -0.640. The molecular formula is C13H26N2OS. The number of carbonyl (C=O) groups excluding carboxylic acids is 1. The Morgan fingerprint density at radius 3 is 2.00 bits per heavy atom. The standard InChI is InChI=1S/C13H26N2OS/c1-8(2)7-10(5)15(6)13(16)11(9(3)4)12(14)17/h8-11H,7H2,1-6H3,(H2,14,17). The molecule has 100 valence electrons. The quantitative estimate of drug-likeness (QED) is 0.744. The van der Waals surface area contributed by atoms with E-state index in [9.17, 15) is 4.79 Å². The van der Waals surface area contributed by atoms with Gasteiger partial charge in [-0.2, -0.15) is 0 Å². The van der Waals surface area contributed by atoms with Crippen LogP contribution in [0.4, 0.5) is 0 Å². The number of hydrogen-bond donors (Lipinski definition) is 1. The predicted molar refractivity (Wildman–Crippen MR) is 76.8 cm³/mol. The zero-order chi connectivity index (χ0) is 13.7. The normalized spacial score (nSPS) is 14.8. The fourth-order valence-corrected chi connectivity index (χ4v) is 2.39. The molecule has 3 nitrogen and oxygen atoms in total. The molecular weight excluding hydrogens is 232 g/mol. The van der Waals surface area contributed by atoms with Crippen molar-refractivity contribution >= 4 is 23.1 Å². The lowest BCUT2D eigenvalue weighted by Crippen LogP contribution is -2.45. The fourth-order valence-electron chi connectivity index (χ4n) is 2.01. The summed E-state index contributed by atoms with van der Waals surface area (Å²) in [6, 6.07) is 0.220. The molecule has 0 saturated heterocycles. The van der Waals surface area contributed by atoms with Crippen LogP contribution in [-0.4, -0.2) is 28.9 Å². The highest BCUT2D eigenvalue weighted by Crippen LogP contribution is 2.18. The molecule has 17 heavy (non-hydrogen) atoms. The molecule has 2 unspecified atom stereocenters. The molecule has 0 aliphatic rings. The Morgan fingerprint density at radius 1 is 1.24 bits per heavy atom. The summed E-state index contributed by atoms with van der Waals surface area (Å²) in [5.41, 5.74) is 5.66. The van der Waals surface area contributed by atoms with Crippen molar-refractivity contribution in [3.8, 4) is 0 Å². The van der Waals surface area contributed by atoms with E-state index in [1.54, 1.807) is 4.90 Å². The maximum absolute atomic E-state index is 12.3. The SMILES string of the molecule is CC(C)CC(C)N(C)C(=O)C(C(N)=S)C(C)C. The summed E-state index contributed by atoms with van der Waals surface area (Å²) in [5, 5.41) is 0. The van der Waals surface area contributed by atoms with Crippen molar-refractivity contribution in [2.75, 3.05) is 7.05 Å². The number of thiocarbonyl (C=S) groups is 1. The van der Waals surface area contributed by atoms with E-state index >= 15 is 0 Å². The van der Waals surface area contributed by atoms with Crippen LogP contribution in [0.1, 0.15) is 41.0 Å². The number of hydrogen-bond acceptors (Lipinski definition) is 2. The molecule has 0 radical (unpaired) electrons. The van der Waals surface area contributed by atoms with Crippen LogP contribution in [-0.2, 0) is 4.79 Å². The van der Waals surface area contributed by atoms with Crippen molar-refractivity contribution in [2.24, 2.45) is 23.5 Å². The highest BCUT2D eigenvalue weighted by molar-refractivity contribution is 7.80. The second-order valence-corrected chi connectivity index (χ2v) is 6.02. The van der Waals surface area contributed by atoms with E-state index in [-0.39, 0.29) is 23.8 Å². The summed E-state index contributed by atoms with van der Waals surface area (Å²) < 4.78 is 0. The summed E-state index contributed by atoms with van der Waals surface area (Å²) >= 11 is 4.99. The Labute approximate surface area is 111 Å². The van der Waals surface area contributed by atoms with Crippen LogP contribution in [0.5, 0.6) is 0 Å². The average Bonchev–Trinajstić information content (AvgIpc) is 2.13. The molecule has 0 saturated carbocycles. The van der Waals surface area contributed by atoms with Crippen molar-refractivity contribution in [1.82, 2.24) is 4.90 Å². The number of carbonyl (C=O) groups is 1. The van der Waals surface area contributed by atoms with Crippen molar-refractivity contribution in [1.29, 1.82) is 0 Å². The lowest BCUT2D eigenvalue weighted by molar-refractivity contribution is -0.135. The Kier molecular flexibility index (Phi) is 6.68. The number of amides is 1. The largest absolute Gasteiger partial charge is 0.393 e. The molecule has 4 heteroatoms. The van der Waals surface area contributed by atoms with Crippen LogP contribution in [0.3, 0.4) is 0 Å². The molecule has 0 spiro atoms. The average molecular weight is 258 g/mol. The van der Waals surface area contributed by atoms with Crippen molar-refractivity contribution in [3.63, 3.8) is 0 Å². The van der Waals surface area contributed by atoms with Gasteiger partial charge in [0.05, 0.1) is 10.9 Å². The summed E-state index contributed by atoms with van der Waals surface area (Å²) in [5.74, 6) is 0.418. The second kappa shape index (κ2) is 6.94. The summed E-state index contributed by atoms with van der Waals surface area (Å²) in [6.45, 7) is 10.3. The molecule has 0 bridgehead atoms. The zero-order valence-electron chi connectivity index (χ0n) is 11.9. The van der Waals surface area contributed by atoms with Gasteiger partial charge in [-0.1, -0.05) is 39.9 Å². The lowest BCUT2D eigenvalue weighted by atomic mass is 9.93. The minimum absolute atomic E-state index is 0.0423. The molecule has 0 aromatic carbocycles. The van der Waals surface area contributed by atoms with Crippen LogP contribution in [0.25, 0.3) is 0 Å². The molecule has 0 rings (SSSR count). The Morgan fingerprint density at radius 2 is 1.71 bits per heavy atom. The van der Waals surface area contributed by atoms with Gasteiger partial charge in [-0.3, -0.25) is 4.79 Å². The van der Waals surface area contributed by atoms with Gasteiger partial charge < -0.3 is 10.6 Å². The van der Waals surface area contributed by atoms with Crippen LogP contribution >= 0.6 is 12.2 Å². The minimum Gasteiger partial charge on any atom is -0.393 e. The molecule has 0 aromatic heterocycles. The third-order valence-corrected chi connectivity index (χ3v) is 3.31. The van der Waals surface area contributed by atoms with Gasteiger partial charge in [-0.25, -0.2) is 0 Å². The van der Waals surface area contributed by atoms with E-state index < -0.39 is 0 Å². The monoisotopic (exact) mass is 258 g/mol. The van der Waals surface area contributed by atoms with E-state index in [4.69, 9.17) is 18.0 Å². The third kappa shape index (κ3) is 5.02. The third-order valence-electron chi connectivity index (χ3n) is 3.06. The van der Waals surface area contributed by atoms with Gasteiger partial charge in [0.2, 0.25) is 5.91 Å². The van der Waals surface area contributed by atoms with E-state index in [1.165, 1.54) is 0 Å². The first-order valence-corrected chi connectivity index (χ1v) is 6.65. The summed E-state index contributed by atoms with van der Waals surface area (Å²) in [6.07, 6.45) is 0.990. The maximum Gasteiger partial charge on any atom is 0.232 e. The first kappa shape index (κ1) is 16.4. The van der Waals surface area contributed by atoms with Crippen molar-refractivity contribution in [2.45, 2.75) is 47.1 Å². The van der Waals surface area contributed by atoms with Gasteiger partial charge in [0.1, 0.15) is 0 Å². The van der Waals surface area contributed by atoms with Crippen LogP contribution in [0, 0.1) is 17.8 Å². The van der Waals surface area contributed by atoms with Gasteiger partial charge in [0.15, 0.2) is 0 Å². The molecule has 0 aliphatic heterocycles. The van der Waals surface area contributed by atoms with Gasteiger partial charge in [0.25, 0.3) is 0 Å². The van der Waals surface area contributed by atoms with E-state index in [2.05, 4.69) is 20.8 Å². The van der Waals surface area contributed by atoms with Crippen molar-refractivity contribution in [3.05, 3.63) is 0 Å². The lowest BCUT2D eigenvalue weighted by Gasteiger charge is -2.31. The minimum atomic E-state index is -0.343. The zero-order valence-corrected chi connectivity index (χ0v) is 12.7. The topological polar surface area (TPSA) is 46.3 Å². The van der Waals surface area contributed by atoms with Gasteiger partial charge in [-0.15, -0.1) is 0 Å². The summed E-state index contributed by atoms with van der Waals surface area (Å²) in [7, 11) is 1.84. The first-order valence-electron chi connectivity index (χ1n) is 6.24. The van der Waals surface area contributed by atoms with Gasteiger partial charge >= 0.3 is 0 Å². The van der Waals surface area contributed by atoms with Crippen molar-refractivity contribution < 1.29 is 4.79 Å². The highest BCUT2D eigenvalue weighted by Gasteiger charge is 2.29. The van der Waals surface area contributed by atoms with E-state index in [0.717, 1.165) is 6.42 Å². The summed E-state index contributed by atoms with van der Waals surface area (Å²) in [4.78, 5) is 14.4. The molecule has 0 heterocycles.